The van der Waals surface area contributed by atoms with Crippen LogP contribution in [-0.2, 0) is 21.2 Å². The monoisotopic (exact) mass is 422 g/mol. The summed E-state index contributed by atoms with van der Waals surface area (Å²) in [5, 5.41) is 2.55. The molecule has 2 aromatic rings. The van der Waals surface area contributed by atoms with Crippen LogP contribution >= 0.6 is 0 Å². The van der Waals surface area contributed by atoms with E-state index in [0.717, 1.165) is 17.7 Å². The molecule has 2 aromatic carbocycles. The summed E-state index contributed by atoms with van der Waals surface area (Å²) >= 11 is 0. The molecule has 156 valence electrons. The second-order valence-electron chi connectivity index (χ2n) is 7.22. The fourth-order valence-corrected chi connectivity index (χ4v) is 5.04. The minimum atomic E-state index is -3.46. The van der Waals surface area contributed by atoms with Gasteiger partial charge in [-0.15, -0.1) is 0 Å². The van der Waals surface area contributed by atoms with Crippen molar-refractivity contribution in [1.82, 2.24) is 4.31 Å². The average Bonchev–Trinajstić information content (AvgIpc) is 2.71. The number of carbonyl (C=O) groups excluding carboxylic acids is 1. The fourth-order valence-electron chi connectivity index (χ4n) is 3.46. The molecule has 1 aliphatic heterocycles. The number of amides is 1. The number of sulfonamides is 1. The summed E-state index contributed by atoms with van der Waals surface area (Å²) in [7, 11) is -3.46. The molecule has 1 N–H and O–H groups in total. The Morgan fingerprint density at radius 2 is 1.86 bits per heavy atom. The molecule has 1 fully saturated rings. The van der Waals surface area contributed by atoms with Gasteiger partial charge in [-0.05, 0) is 43.4 Å². The van der Waals surface area contributed by atoms with Crippen molar-refractivity contribution in [3.63, 3.8) is 0 Å². The minimum Gasteiger partial charge on any atom is -0.326 e. The van der Waals surface area contributed by atoms with Crippen LogP contribution in [0.25, 0.3) is 0 Å². The van der Waals surface area contributed by atoms with E-state index in [0.29, 0.717) is 32.2 Å². The number of hydrogen-bond acceptors (Lipinski definition) is 3. The number of carbonyl (C=O) groups is 1. The molecular weight excluding hydrogens is 398 g/mol. The first-order chi connectivity index (χ1) is 13.8. The van der Waals surface area contributed by atoms with Gasteiger partial charge in [0.15, 0.2) is 11.6 Å². The number of halogens is 2. The summed E-state index contributed by atoms with van der Waals surface area (Å²) < 4.78 is 53.1. The van der Waals surface area contributed by atoms with Crippen molar-refractivity contribution in [1.29, 1.82) is 0 Å². The number of rotatable bonds is 7. The average molecular weight is 422 g/mol. The van der Waals surface area contributed by atoms with E-state index in [9.17, 15) is 22.0 Å². The summed E-state index contributed by atoms with van der Waals surface area (Å²) in [5.41, 5.74) is 1.24. The molecule has 1 atom stereocenters. The normalized spacial score (nSPS) is 17.8. The Morgan fingerprint density at radius 1 is 1.10 bits per heavy atom. The number of aryl methyl sites for hydroxylation is 1. The Bertz CT molecular complexity index is 952. The van der Waals surface area contributed by atoms with Gasteiger partial charge in [0.1, 0.15) is 0 Å². The van der Waals surface area contributed by atoms with Gasteiger partial charge in [-0.25, -0.2) is 21.5 Å². The van der Waals surface area contributed by atoms with E-state index < -0.39 is 27.6 Å². The van der Waals surface area contributed by atoms with Crippen molar-refractivity contribution in [3.8, 4) is 0 Å². The topological polar surface area (TPSA) is 66.5 Å². The summed E-state index contributed by atoms with van der Waals surface area (Å²) in [6.45, 7) is 0.492. The lowest BCUT2D eigenvalue weighted by atomic mass is 9.98. The van der Waals surface area contributed by atoms with Crippen molar-refractivity contribution < 1.29 is 22.0 Å². The molecule has 0 aromatic heterocycles. The molecule has 8 heteroatoms. The SMILES string of the molecule is O=C(Nc1ccc(F)c(F)c1)[C@@H]1CCCN(S(=O)(=O)CCCc2ccccc2)C1. The van der Waals surface area contributed by atoms with Crippen molar-refractivity contribution >= 4 is 21.6 Å². The summed E-state index contributed by atoms with van der Waals surface area (Å²) in [6, 6.07) is 12.8. The van der Waals surface area contributed by atoms with Crippen LogP contribution in [-0.4, -0.2) is 37.5 Å². The van der Waals surface area contributed by atoms with Gasteiger partial charge in [0.05, 0.1) is 11.7 Å². The third-order valence-electron chi connectivity index (χ3n) is 5.05. The second-order valence-corrected chi connectivity index (χ2v) is 9.31. The van der Waals surface area contributed by atoms with Gasteiger partial charge in [0, 0.05) is 24.8 Å². The summed E-state index contributed by atoms with van der Waals surface area (Å²) in [5.74, 6) is -2.93. The van der Waals surface area contributed by atoms with Gasteiger partial charge in [0.25, 0.3) is 0 Å². The Hall–Kier alpha value is -2.32. The molecule has 1 aliphatic rings. The van der Waals surface area contributed by atoms with E-state index in [4.69, 9.17) is 0 Å². The molecule has 1 amide bonds. The summed E-state index contributed by atoms with van der Waals surface area (Å²) in [4.78, 5) is 12.5. The van der Waals surface area contributed by atoms with Gasteiger partial charge >= 0.3 is 0 Å². The van der Waals surface area contributed by atoms with Crippen LogP contribution in [0.1, 0.15) is 24.8 Å². The van der Waals surface area contributed by atoms with E-state index in [2.05, 4.69) is 5.32 Å². The first kappa shape index (κ1) is 21.4. The van der Waals surface area contributed by atoms with Crippen molar-refractivity contribution in [2.45, 2.75) is 25.7 Å². The smallest absolute Gasteiger partial charge is 0.228 e. The first-order valence-electron chi connectivity index (χ1n) is 9.63. The van der Waals surface area contributed by atoms with E-state index >= 15 is 0 Å². The molecule has 0 unspecified atom stereocenters. The molecule has 0 bridgehead atoms. The maximum atomic E-state index is 13.3. The molecule has 0 aliphatic carbocycles. The predicted octanol–water partition coefficient (Wildman–Crippen LogP) is 3.58. The fraction of sp³-hybridized carbons (Fsp3) is 0.381. The van der Waals surface area contributed by atoms with Crippen LogP contribution < -0.4 is 5.32 Å². The highest BCUT2D eigenvalue weighted by Gasteiger charge is 2.32. The highest BCUT2D eigenvalue weighted by atomic mass is 32.2. The van der Waals surface area contributed by atoms with E-state index in [1.165, 1.54) is 10.4 Å². The Balaban J connectivity index is 1.55. The van der Waals surface area contributed by atoms with Crippen LogP contribution in [0.15, 0.2) is 48.5 Å². The highest BCUT2D eigenvalue weighted by Crippen LogP contribution is 2.22. The number of benzene rings is 2. The number of anilines is 1. The molecule has 0 radical (unpaired) electrons. The predicted molar refractivity (Wildman–Crippen MR) is 108 cm³/mol. The molecule has 5 nitrogen and oxygen atoms in total. The Kier molecular flexibility index (Phi) is 6.97. The molecule has 1 saturated heterocycles. The number of nitrogens with one attached hydrogen (secondary N) is 1. The number of nitrogens with zero attached hydrogens (tertiary/aromatic N) is 1. The lowest BCUT2D eigenvalue weighted by Gasteiger charge is -2.31. The van der Waals surface area contributed by atoms with Crippen molar-refractivity contribution in [2.24, 2.45) is 5.92 Å². The van der Waals surface area contributed by atoms with E-state index in [-0.39, 0.29) is 23.9 Å². The lowest BCUT2D eigenvalue weighted by Crippen LogP contribution is -2.44. The zero-order chi connectivity index (χ0) is 20.9. The summed E-state index contributed by atoms with van der Waals surface area (Å²) in [6.07, 6.45) is 2.31. The zero-order valence-corrected chi connectivity index (χ0v) is 16.8. The van der Waals surface area contributed by atoms with Crippen LogP contribution in [0.5, 0.6) is 0 Å². The number of hydrogen-bond donors (Lipinski definition) is 1. The largest absolute Gasteiger partial charge is 0.326 e. The number of piperidine rings is 1. The Morgan fingerprint density at radius 3 is 2.59 bits per heavy atom. The van der Waals surface area contributed by atoms with E-state index in [1.807, 2.05) is 30.3 Å². The van der Waals surface area contributed by atoms with Gasteiger partial charge in [-0.1, -0.05) is 30.3 Å². The van der Waals surface area contributed by atoms with Gasteiger partial charge in [-0.3, -0.25) is 4.79 Å². The van der Waals surface area contributed by atoms with Gasteiger partial charge in [-0.2, -0.15) is 0 Å². The van der Waals surface area contributed by atoms with Crippen molar-refractivity contribution in [3.05, 3.63) is 65.7 Å². The van der Waals surface area contributed by atoms with Gasteiger partial charge in [0.2, 0.25) is 15.9 Å². The molecular formula is C21H24F2N2O3S. The Labute approximate surface area is 169 Å². The maximum Gasteiger partial charge on any atom is 0.228 e. The van der Waals surface area contributed by atoms with E-state index in [1.54, 1.807) is 0 Å². The second kappa shape index (κ2) is 9.45. The molecule has 0 spiro atoms. The van der Waals surface area contributed by atoms with Crippen LogP contribution in [0.4, 0.5) is 14.5 Å². The standard InChI is InChI=1S/C21H24F2N2O3S/c22-19-11-10-18(14-20(19)23)24-21(26)17-9-4-12-25(15-17)29(27,28)13-5-8-16-6-2-1-3-7-16/h1-3,6-7,10-11,14,17H,4-5,8-9,12-13,15H2,(H,24,26)/t17-/m1/s1. The van der Waals surface area contributed by atoms with Crippen LogP contribution in [0, 0.1) is 17.6 Å². The first-order valence-corrected chi connectivity index (χ1v) is 11.2. The molecule has 0 saturated carbocycles. The minimum absolute atomic E-state index is 0.0272. The molecule has 29 heavy (non-hydrogen) atoms. The van der Waals surface area contributed by atoms with Crippen LogP contribution in [0.2, 0.25) is 0 Å². The van der Waals surface area contributed by atoms with Crippen LogP contribution in [0.3, 0.4) is 0 Å². The zero-order valence-electron chi connectivity index (χ0n) is 16.0. The maximum absolute atomic E-state index is 13.3. The van der Waals surface area contributed by atoms with Crippen molar-refractivity contribution in [2.75, 3.05) is 24.2 Å². The highest BCUT2D eigenvalue weighted by molar-refractivity contribution is 7.89. The lowest BCUT2D eigenvalue weighted by molar-refractivity contribution is -0.120. The molecule has 1 heterocycles. The quantitative estimate of drug-likeness (QED) is 0.742. The third-order valence-corrected chi connectivity index (χ3v) is 6.97. The third kappa shape index (κ3) is 5.83. The van der Waals surface area contributed by atoms with Gasteiger partial charge < -0.3 is 5.32 Å². The molecule has 3 rings (SSSR count).